The lowest BCUT2D eigenvalue weighted by Crippen LogP contribution is -2.45. The maximum atomic E-state index is 12.6. The number of piperidine rings is 1. The summed E-state index contributed by atoms with van der Waals surface area (Å²) in [5.74, 6) is 2.04. The summed E-state index contributed by atoms with van der Waals surface area (Å²) < 4.78 is 37.7. The van der Waals surface area contributed by atoms with Crippen molar-refractivity contribution in [3.63, 3.8) is 0 Å². The maximum Gasteiger partial charge on any atom is 0.434 e. The Labute approximate surface area is 152 Å². The summed E-state index contributed by atoms with van der Waals surface area (Å²) in [5.41, 5.74) is -0.823. The van der Waals surface area contributed by atoms with Crippen LogP contribution in [0.25, 0.3) is 0 Å². The molecule has 2 aromatic heterocycles. The fourth-order valence-electron chi connectivity index (χ4n) is 2.95. The third-order valence-corrected chi connectivity index (χ3v) is 5.20. The Bertz CT molecular complexity index is 718. The van der Waals surface area contributed by atoms with E-state index in [1.165, 1.54) is 6.33 Å². The van der Waals surface area contributed by atoms with Gasteiger partial charge >= 0.3 is 6.18 Å². The molecule has 11 heteroatoms. The van der Waals surface area contributed by atoms with E-state index in [0.29, 0.717) is 23.9 Å². The fraction of sp³-hybridized carbons (Fsp3) is 0.600. The molecule has 0 radical (unpaired) electrons. The van der Waals surface area contributed by atoms with Crippen molar-refractivity contribution in [3.8, 4) is 0 Å². The molecule has 0 spiro atoms. The van der Waals surface area contributed by atoms with Gasteiger partial charge in [0, 0.05) is 44.4 Å². The van der Waals surface area contributed by atoms with E-state index in [4.69, 9.17) is 0 Å². The van der Waals surface area contributed by atoms with Crippen molar-refractivity contribution in [1.82, 2.24) is 30.4 Å². The van der Waals surface area contributed by atoms with Gasteiger partial charge in [-0.25, -0.2) is 9.97 Å². The van der Waals surface area contributed by atoms with Crippen molar-refractivity contribution in [2.45, 2.75) is 31.4 Å². The standard InChI is InChI=1S/C15H20F3N7S/c1-19-14(20-5-2-12-23-11(8-26-12)15(16,17)18)25-6-3-10(4-7-25)13-21-9-22-24-13/h8-10H,2-7H2,1H3,(H,19,20)(H,21,22,24). The molecule has 3 rings (SSSR count). The molecule has 0 amide bonds. The van der Waals surface area contributed by atoms with Gasteiger partial charge in [0.15, 0.2) is 11.7 Å². The van der Waals surface area contributed by atoms with Gasteiger partial charge in [0.1, 0.15) is 12.2 Å². The Morgan fingerprint density at radius 1 is 1.42 bits per heavy atom. The quantitative estimate of drug-likeness (QED) is 0.621. The summed E-state index contributed by atoms with van der Waals surface area (Å²) in [7, 11) is 1.70. The van der Waals surface area contributed by atoms with E-state index in [9.17, 15) is 13.2 Å². The highest BCUT2D eigenvalue weighted by atomic mass is 32.1. The van der Waals surface area contributed by atoms with Crippen LogP contribution in [0.4, 0.5) is 13.2 Å². The molecule has 0 aliphatic carbocycles. The summed E-state index contributed by atoms with van der Waals surface area (Å²) in [6.07, 6.45) is -0.556. The number of alkyl halides is 3. The molecule has 1 fully saturated rings. The van der Waals surface area contributed by atoms with Crippen LogP contribution in [0.5, 0.6) is 0 Å². The number of rotatable bonds is 4. The second-order valence-corrected chi connectivity index (χ2v) is 6.92. The molecule has 0 atom stereocenters. The molecule has 2 aromatic rings. The number of aliphatic imine (C=N–C) groups is 1. The highest BCUT2D eigenvalue weighted by Gasteiger charge is 2.33. The first-order valence-electron chi connectivity index (χ1n) is 8.30. The third kappa shape index (κ3) is 4.51. The number of aromatic amines is 1. The zero-order valence-electron chi connectivity index (χ0n) is 14.3. The second-order valence-electron chi connectivity index (χ2n) is 5.98. The number of halogens is 3. The predicted octanol–water partition coefficient (Wildman–Crippen LogP) is 2.28. The van der Waals surface area contributed by atoms with Crippen molar-refractivity contribution < 1.29 is 13.2 Å². The molecule has 0 aromatic carbocycles. The largest absolute Gasteiger partial charge is 0.434 e. The molecule has 1 aliphatic rings. The monoisotopic (exact) mass is 387 g/mol. The maximum absolute atomic E-state index is 12.6. The number of hydrogen-bond donors (Lipinski definition) is 2. The number of H-pyrrole nitrogens is 1. The van der Waals surface area contributed by atoms with E-state index in [-0.39, 0.29) is 0 Å². The van der Waals surface area contributed by atoms with E-state index in [1.54, 1.807) is 7.05 Å². The lowest BCUT2D eigenvalue weighted by atomic mass is 9.96. The van der Waals surface area contributed by atoms with Crippen LogP contribution < -0.4 is 5.32 Å². The van der Waals surface area contributed by atoms with Crippen molar-refractivity contribution in [2.24, 2.45) is 4.99 Å². The summed E-state index contributed by atoms with van der Waals surface area (Å²) in [6.45, 7) is 2.15. The summed E-state index contributed by atoms with van der Waals surface area (Å²) in [4.78, 5) is 14.3. The molecule has 26 heavy (non-hydrogen) atoms. The third-order valence-electron chi connectivity index (χ3n) is 4.29. The summed E-state index contributed by atoms with van der Waals surface area (Å²) in [6, 6.07) is 0. The average molecular weight is 387 g/mol. The van der Waals surface area contributed by atoms with Crippen molar-refractivity contribution in [3.05, 3.63) is 28.2 Å². The van der Waals surface area contributed by atoms with Gasteiger partial charge in [-0.1, -0.05) is 0 Å². The minimum atomic E-state index is -4.38. The van der Waals surface area contributed by atoms with Gasteiger partial charge in [-0.15, -0.1) is 11.3 Å². The summed E-state index contributed by atoms with van der Waals surface area (Å²) in [5, 5.41) is 11.5. The Balaban J connectivity index is 1.46. The normalized spacial score (nSPS) is 16.9. The number of hydrogen-bond acceptors (Lipinski definition) is 5. The average Bonchev–Trinajstić information content (AvgIpc) is 3.30. The Morgan fingerprint density at radius 2 is 2.19 bits per heavy atom. The van der Waals surface area contributed by atoms with Crippen LogP contribution in [0.15, 0.2) is 16.7 Å². The van der Waals surface area contributed by atoms with Crippen LogP contribution >= 0.6 is 11.3 Å². The van der Waals surface area contributed by atoms with Crippen LogP contribution in [-0.4, -0.2) is 57.7 Å². The first-order valence-corrected chi connectivity index (χ1v) is 9.18. The number of nitrogens with zero attached hydrogens (tertiary/aromatic N) is 5. The molecular formula is C15H20F3N7S. The van der Waals surface area contributed by atoms with E-state index in [1.807, 2.05) is 0 Å². The number of thiazole rings is 1. The Morgan fingerprint density at radius 3 is 2.77 bits per heavy atom. The molecule has 7 nitrogen and oxygen atoms in total. The zero-order chi connectivity index (χ0) is 18.6. The van der Waals surface area contributed by atoms with Crippen LogP contribution in [0.1, 0.15) is 35.3 Å². The van der Waals surface area contributed by atoms with E-state index in [2.05, 4.69) is 35.4 Å². The fourth-order valence-corrected chi connectivity index (χ4v) is 3.75. The van der Waals surface area contributed by atoms with Gasteiger partial charge in [-0.05, 0) is 12.8 Å². The first-order chi connectivity index (χ1) is 12.5. The molecule has 0 unspecified atom stereocenters. The smallest absolute Gasteiger partial charge is 0.356 e. The van der Waals surface area contributed by atoms with Crippen LogP contribution in [-0.2, 0) is 12.6 Å². The number of likely N-dealkylation sites (tertiary alicyclic amines) is 1. The van der Waals surface area contributed by atoms with Crippen LogP contribution in [0.3, 0.4) is 0 Å². The van der Waals surface area contributed by atoms with Gasteiger partial charge in [-0.3, -0.25) is 10.1 Å². The molecule has 1 aliphatic heterocycles. The van der Waals surface area contributed by atoms with Crippen molar-refractivity contribution >= 4 is 17.3 Å². The number of guanidine groups is 1. The van der Waals surface area contributed by atoms with E-state index >= 15 is 0 Å². The first kappa shape index (κ1) is 18.6. The number of nitrogens with one attached hydrogen (secondary N) is 2. The minimum absolute atomic E-state index is 0.364. The molecular weight excluding hydrogens is 367 g/mol. The van der Waals surface area contributed by atoms with Crippen LogP contribution in [0.2, 0.25) is 0 Å². The van der Waals surface area contributed by atoms with E-state index < -0.39 is 11.9 Å². The van der Waals surface area contributed by atoms with Gasteiger partial charge in [0.2, 0.25) is 0 Å². The van der Waals surface area contributed by atoms with Gasteiger partial charge in [-0.2, -0.15) is 18.3 Å². The molecule has 2 N–H and O–H groups in total. The van der Waals surface area contributed by atoms with E-state index in [0.717, 1.165) is 54.4 Å². The SMILES string of the molecule is CN=C(NCCc1nc(C(F)(F)F)cs1)N1CCC(c2ncn[nH]2)CC1. The highest BCUT2D eigenvalue weighted by Crippen LogP contribution is 2.30. The van der Waals surface area contributed by atoms with Gasteiger partial charge in [0.25, 0.3) is 0 Å². The van der Waals surface area contributed by atoms with Crippen LogP contribution in [0, 0.1) is 0 Å². The number of aromatic nitrogens is 4. The molecule has 1 saturated heterocycles. The molecule has 3 heterocycles. The highest BCUT2D eigenvalue weighted by molar-refractivity contribution is 7.09. The molecule has 0 saturated carbocycles. The van der Waals surface area contributed by atoms with Gasteiger partial charge < -0.3 is 10.2 Å². The topological polar surface area (TPSA) is 82.1 Å². The van der Waals surface area contributed by atoms with Crippen molar-refractivity contribution in [1.29, 1.82) is 0 Å². The molecule has 142 valence electrons. The zero-order valence-corrected chi connectivity index (χ0v) is 15.1. The lowest BCUT2D eigenvalue weighted by molar-refractivity contribution is -0.140. The second kappa shape index (κ2) is 8.02. The predicted molar refractivity (Wildman–Crippen MR) is 92.1 cm³/mol. The lowest BCUT2D eigenvalue weighted by Gasteiger charge is -2.33. The van der Waals surface area contributed by atoms with Gasteiger partial charge in [0.05, 0.1) is 5.01 Å². The Hall–Kier alpha value is -2.17. The molecule has 0 bridgehead atoms. The Kier molecular flexibility index (Phi) is 5.74. The summed E-state index contributed by atoms with van der Waals surface area (Å²) >= 11 is 1.03. The van der Waals surface area contributed by atoms with Crippen molar-refractivity contribution in [2.75, 3.05) is 26.7 Å². The minimum Gasteiger partial charge on any atom is -0.356 e.